The lowest BCUT2D eigenvalue weighted by molar-refractivity contribution is -0.127. The molecule has 2 aromatic rings. The van der Waals surface area contributed by atoms with Gasteiger partial charge in [-0.15, -0.1) is 0 Å². The Labute approximate surface area is 170 Å². The van der Waals surface area contributed by atoms with Gasteiger partial charge in [0.2, 0.25) is 5.91 Å². The summed E-state index contributed by atoms with van der Waals surface area (Å²) >= 11 is 0. The van der Waals surface area contributed by atoms with Gasteiger partial charge >= 0.3 is 0 Å². The van der Waals surface area contributed by atoms with Crippen molar-refractivity contribution in [3.63, 3.8) is 0 Å². The molecule has 1 aromatic heterocycles. The molecule has 3 rings (SSSR count). The van der Waals surface area contributed by atoms with Gasteiger partial charge in [-0.05, 0) is 43.5 Å². The van der Waals surface area contributed by atoms with Crippen LogP contribution in [-0.4, -0.2) is 28.9 Å². The number of nitrogens with one attached hydrogen (secondary N) is 3. The van der Waals surface area contributed by atoms with Gasteiger partial charge in [0, 0.05) is 28.7 Å². The minimum absolute atomic E-state index is 0.210. The van der Waals surface area contributed by atoms with E-state index >= 15 is 0 Å². The summed E-state index contributed by atoms with van der Waals surface area (Å²) in [4.78, 5) is 28.7. The normalized spacial score (nSPS) is 20.8. The average Bonchev–Trinajstić information content (AvgIpc) is 3.21. The highest BCUT2D eigenvalue weighted by molar-refractivity contribution is 5.98. The first kappa shape index (κ1) is 20.4. The summed E-state index contributed by atoms with van der Waals surface area (Å²) in [5.74, 6) is -1.43. The first-order valence-electron chi connectivity index (χ1n) is 10.0. The predicted molar refractivity (Wildman–Crippen MR) is 108 cm³/mol. The van der Waals surface area contributed by atoms with E-state index in [4.69, 9.17) is 0 Å². The van der Waals surface area contributed by atoms with Crippen molar-refractivity contribution in [2.75, 3.05) is 0 Å². The van der Waals surface area contributed by atoms with Crippen LogP contribution in [0.5, 0.6) is 0 Å². The molecule has 2 amide bonds. The van der Waals surface area contributed by atoms with E-state index in [1.807, 2.05) is 37.4 Å². The van der Waals surface area contributed by atoms with Gasteiger partial charge in [0.15, 0.2) is 0 Å². The molecule has 1 saturated carbocycles. The molecule has 0 spiro atoms. The van der Waals surface area contributed by atoms with Gasteiger partial charge in [-0.1, -0.05) is 19.8 Å². The molecule has 1 heterocycles. The van der Waals surface area contributed by atoms with Gasteiger partial charge in [0.05, 0.1) is 24.0 Å². The second kappa shape index (κ2) is 9.25. The monoisotopic (exact) mass is 391 g/mol. The molecule has 1 aromatic carbocycles. The van der Waals surface area contributed by atoms with E-state index in [1.165, 1.54) is 0 Å². The zero-order valence-electron chi connectivity index (χ0n) is 16.4. The number of nitriles is 2. The van der Waals surface area contributed by atoms with Crippen molar-refractivity contribution in [1.29, 1.82) is 10.5 Å². The zero-order chi connectivity index (χ0) is 20.8. The molecule has 7 heteroatoms. The molecule has 1 fully saturated rings. The summed E-state index contributed by atoms with van der Waals surface area (Å²) in [5.41, 5.74) is 1.51. The van der Waals surface area contributed by atoms with E-state index in [2.05, 4.69) is 21.7 Å². The van der Waals surface area contributed by atoms with Crippen LogP contribution in [0.15, 0.2) is 30.5 Å². The largest absolute Gasteiger partial charge is 0.361 e. The second-order valence-electron chi connectivity index (χ2n) is 7.51. The maximum absolute atomic E-state index is 12.8. The van der Waals surface area contributed by atoms with E-state index in [1.54, 1.807) is 6.07 Å². The van der Waals surface area contributed by atoms with Crippen LogP contribution in [-0.2, 0) is 4.79 Å². The topological polar surface area (TPSA) is 122 Å². The number of fused-ring (bicyclic) bond motifs is 1. The molecule has 29 heavy (non-hydrogen) atoms. The van der Waals surface area contributed by atoms with E-state index in [0.29, 0.717) is 24.8 Å². The van der Waals surface area contributed by atoms with Crippen molar-refractivity contribution in [3.8, 4) is 12.1 Å². The van der Waals surface area contributed by atoms with E-state index in [0.717, 1.165) is 23.7 Å². The molecular formula is C22H25N5O2. The smallest absolute Gasteiger partial charge is 0.251 e. The molecule has 7 nitrogen and oxygen atoms in total. The first-order chi connectivity index (χ1) is 14.1. The molecule has 0 bridgehead atoms. The summed E-state index contributed by atoms with van der Waals surface area (Å²) in [7, 11) is 0. The molecule has 1 aliphatic carbocycles. The van der Waals surface area contributed by atoms with Gasteiger partial charge in [0.1, 0.15) is 6.04 Å². The van der Waals surface area contributed by atoms with Crippen molar-refractivity contribution in [3.05, 3.63) is 36.0 Å². The second-order valence-corrected chi connectivity index (χ2v) is 7.51. The lowest BCUT2D eigenvalue weighted by atomic mass is 9.83. The van der Waals surface area contributed by atoms with Crippen LogP contribution >= 0.6 is 0 Å². The van der Waals surface area contributed by atoms with Crippen LogP contribution in [0.4, 0.5) is 0 Å². The van der Waals surface area contributed by atoms with E-state index < -0.39 is 17.9 Å². The third-order valence-corrected chi connectivity index (χ3v) is 5.68. The van der Waals surface area contributed by atoms with E-state index in [9.17, 15) is 20.1 Å². The standard InChI is InChI=1S/C22H25N5O2/c1-2-14(12-23)20(13-24)27-22(29)17-5-3-4-6-19(17)26-21(28)16-7-8-18-15(11-16)9-10-25-18/h7-11,14,17,19-20,25H,2-6H2,1H3,(H,26,28)(H,27,29)/t14?,17-,19+,20?/m1/s1. The fraction of sp³-hybridized carbons (Fsp3) is 0.455. The number of carbonyl (C=O) groups excluding carboxylic acids is 2. The summed E-state index contributed by atoms with van der Waals surface area (Å²) in [6.45, 7) is 1.81. The van der Waals surface area contributed by atoms with Crippen LogP contribution in [0.1, 0.15) is 49.4 Å². The molecular weight excluding hydrogens is 366 g/mol. The summed E-state index contributed by atoms with van der Waals surface area (Å²) < 4.78 is 0. The fourth-order valence-corrected chi connectivity index (χ4v) is 3.95. The lowest BCUT2D eigenvalue weighted by Gasteiger charge is -2.32. The molecule has 3 N–H and O–H groups in total. The SMILES string of the molecule is CCC(C#N)C(C#N)NC(=O)[C@@H]1CCCC[C@@H]1NC(=O)c1ccc2[nH]ccc2c1. The Hall–Kier alpha value is -3.32. The highest BCUT2D eigenvalue weighted by Crippen LogP contribution is 2.26. The molecule has 0 saturated heterocycles. The fourth-order valence-electron chi connectivity index (χ4n) is 3.95. The zero-order valence-corrected chi connectivity index (χ0v) is 16.4. The minimum Gasteiger partial charge on any atom is -0.361 e. The Morgan fingerprint density at radius 1 is 1.21 bits per heavy atom. The molecule has 150 valence electrons. The number of hydrogen-bond acceptors (Lipinski definition) is 4. The van der Waals surface area contributed by atoms with Crippen molar-refractivity contribution in [1.82, 2.24) is 15.6 Å². The van der Waals surface area contributed by atoms with Gasteiger partial charge in [-0.25, -0.2) is 0 Å². The Balaban J connectivity index is 1.70. The van der Waals surface area contributed by atoms with Crippen LogP contribution in [0.3, 0.4) is 0 Å². The molecule has 1 aliphatic rings. The highest BCUT2D eigenvalue weighted by atomic mass is 16.2. The Morgan fingerprint density at radius 3 is 2.72 bits per heavy atom. The first-order valence-corrected chi connectivity index (χ1v) is 10.0. The Morgan fingerprint density at radius 2 is 2.00 bits per heavy atom. The quantitative estimate of drug-likeness (QED) is 0.700. The third-order valence-electron chi connectivity index (χ3n) is 5.68. The van der Waals surface area contributed by atoms with Crippen molar-refractivity contribution >= 4 is 22.7 Å². The number of aromatic nitrogens is 1. The van der Waals surface area contributed by atoms with Crippen LogP contribution in [0.2, 0.25) is 0 Å². The van der Waals surface area contributed by atoms with Crippen molar-refractivity contribution in [2.24, 2.45) is 11.8 Å². The maximum atomic E-state index is 12.8. The van der Waals surface area contributed by atoms with Crippen LogP contribution in [0.25, 0.3) is 10.9 Å². The predicted octanol–water partition coefficient (Wildman–Crippen LogP) is 3.01. The molecule has 2 unspecified atom stereocenters. The number of hydrogen-bond donors (Lipinski definition) is 3. The van der Waals surface area contributed by atoms with Gasteiger partial charge < -0.3 is 15.6 Å². The van der Waals surface area contributed by atoms with Crippen LogP contribution in [0, 0.1) is 34.5 Å². The molecule has 0 radical (unpaired) electrons. The van der Waals surface area contributed by atoms with Crippen molar-refractivity contribution in [2.45, 2.75) is 51.1 Å². The summed E-state index contributed by atoms with van der Waals surface area (Å²) in [5, 5.41) is 25.2. The Kier molecular flexibility index (Phi) is 6.51. The van der Waals surface area contributed by atoms with E-state index in [-0.39, 0.29) is 17.9 Å². The number of nitrogens with zero attached hydrogens (tertiary/aromatic N) is 2. The summed E-state index contributed by atoms with van der Waals surface area (Å²) in [6, 6.07) is 10.3. The number of rotatable bonds is 6. The number of benzene rings is 1. The van der Waals surface area contributed by atoms with Gasteiger partial charge in [-0.3, -0.25) is 9.59 Å². The number of carbonyl (C=O) groups is 2. The molecule has 0 aliphatic heterocycles. The van der Waals surface area contributed by atoms with Crippen LogP contribution < -0.4 is 10.6 Å². The Bertz CT molecular complexity index is 967. The lowest BCUT2D eigenvalue weighted by Crippen LogP contribution is -2.51. The van der Waals surface area contributed by atoms with Gasteiger partial charge in [-0.2, -0.15) is 10.5 Å². The number of H-pyrrole nitrogens is 1. The maximum Gasteiger partial charge on any atom is 0.251 e. The highest BCUT2D eigenvalue weighted by Gasteiger charge is 2.34. The third kappa shape index (κ3) is 4.57. The average molecular weight is 391 g/mol. The summed E-state index contributed by atoms with van der Waals surface area (Å²) in [6.07, 6.45) is 5.50. The molecule has 4 atom stereocenters. The number of aromatic amines is 1. The van der Waals surface area contributed by atoms with Gasteiger partial charge in [0.25, 0.3) is 5.91 Å². The minimum atomic E-state index is -0.841. The van der Waals surface area contributed by atoms with Crippen molar-refractivity contribution < 1.29 is 9.59 Å². The number of amides is 2.